The third kappa shape index (κ3) is 3.16. The first-order valence-corrected chi connectivity index (χ1v) is 4.17. The van der Waals surface area contributed by atoms with Gasteiger partial charge in [-0.05, 0) is 12.5 Å². The summed E-state index contributed by atoms with van der Waals surface area (Å²) >= 11 is 0. The number of nitrogens with zero attached hydrogens (tertiary/aromatic N) is 1. The highest BCUT2D eigenvalue weighted by Crippen LogP contribution is 2.21. The number of hydrogen-bond donors (Lipinski definition) is 2. The van der Waals surface area contributed by atoms with Crippen LogP contribution in [0.15, 0.2) is 18.2 Å². The number of aliphatic hydroxyl groups excluding tert-OH is 1. The Morgan fingerprint density at radius 1 is 1.60 bits per heavy atom. The SMILES string of the molecule is Cc1ccc([C@@H](N)CO)cc1[N+](=O)[O-].Cl. The number of halogens is 1. The van der Waals surface area contributed by atoms with Crippen LogP contribution >= 0.6 is 12.4 Å². The Balaban J connectivity index is 0.00000196. The smallest absolute Gasteiger partial charge is 0.272 e. The molecule has 0 aliphatic carbocycles. The molecule has 5 nitrogen and oxygen atoms in total. The second-order valence-electron chi connectivity index (χ2n) is 3.09. The maximum atomic E-state index is 10.6. The number of benzene rings is 1. The number of aliphatic hydroxyl groups is 1. The van der Waals surface area contributed by atoms with Crippen LogP contribution in [0.3, 0.4) is 0 Å². The van der Waals surface area contributed by atoms with Crippen molar-refractivity contribution in [3.63, 3.8) is 0 Å². The van der Waals surface area contributed by atoms with E-state index < -0.39 is 11.0 Å². The summed E-state index contributed by atoms with van der Waals surface area (Å²) in [6.45, 7) is 1.44. The second kappa shape index (κ2) is 5.65. The van der Waals surface area contributed by atoms with Gasteiger partial charge < -0.3 is 10.8 Å². The maximum Gasteiger partial charge on any atom is 0.272 e. The van der Waals surface area contributed by atoms with Crippen molar-refractivity contribution in [1.29, 1.82) is 0 Å². The van der Waals surface area contributed by atoms with E-state index in [1.54, 1.807) is 19.1 Å². The van der Waals surface area contributed by atoms with E-state index in [0.29, 0.717) is 11.1 Å². The van der Waals surface area contributed by atoms with Gasteiger partial charge in [-0.3, -0.25) is 10.1 Å². The molecule has 3 N–H and O–H groups in total. The Labute approximate surface area is 93.5 Å². The van der Waals surface area contributed by atoms with Gasteiger partial charge in [-0.1, -0.05) is 12.1 Å². The van der Waals surface area contributed by atoms with Gasteiger partial charge in [-0.15, -0.1) is 12.4 Å². The number of nitrogens with two attached hydrogens (primary N) is 1. The lowest BCUT2D eigenvalue weighted by Gasteiger charge is -2.08. The zero-order valence-electron chi connectivity index (χ0n) is 8.21. The van der Waals surface area contributed by atoms with Gasteiger partial charge in [-0.2, -0.15) is 0 Å². The van der Waals surface area contributed by atoms with E-state index >= 15 is 0 Å². The van der Waals surface area contributed by atoms with Gasteiger partial charge in [-0.25, -0.2) is 0 Å². The summed E-state index contributed by atoms with van der Waals surface area (Å²) in [6.07, 6.45) is 0. The van der Waals surface area contributed by atoms with Crippen molar-refractivity contribution in [3.05, 3.63) is 39.4 Å². The Kier molecular flexibility index (Phi) is 5.21. The predicted octanol–water partition coefficient (Wildman–Crippen LogP) is 1.32. The topological polar surface area (TPSA) is 89.4 Å². The van der Waals surface area contributed by atoms with E-state index in [1.807, 2.05) is 0 Å². The highest BCUT2D eigenvalue weighted by molar-refractivity contribution is 5.85. The molecule has 1 aromatic carbocycles. The molecule has 84 valence electrons. The summed E-state index contributed by atoms with van der Waals surface area (Å²) in [5, 5.41) is 19.4. The molecular weight excluding hydrogens is 220 g/mol. The molecule has 0 aliphatic rings. The molecule has 0 aromatic heterocycles. The Morgan fingerprint density at radius 3 is 2.67 bits per heavy atom. The Morgan fingerprint density at radius 2 is 2.20 bits per heavy atom. The fourth-order valence-electron chi connectivity index (χ4n) is 1.16. The first-order valence-electron chi connectivity index (χ1n) is 4.17. The van der Waals surface area contributed by atoms with Crippen molar-refractivity contribution in [2.45, 2.75) is 13.0 Å². The Bertz CT molecular complexity index is 357. The number of hydrogen-bond acceptors (Lipinski definition) is 4. The van der Waals surface area contributed by atoms with Crippen molar-refractivity contribution < 1.29 is 10.0 Å². The normalized spacial score (nSPS) is 11.7. The largest absolute Gasteiger partial charge is 0.394 e. The van der Waals surface area contributed by atoms with Crippen molar-refractivity contribution in [3.8, 4) is 0 Å². The number of aryl methyl sites for hydroxylation is 1. The lowest BCUT2D eigenvalue weighted by molar-refractivity contribution is -0.385. The monoisotopic (exact) mass is 232 g/mol. The predicted molar refractivity (Wildman–Crippen MR) is 59.1 cm³/mol. The van der Waals surface area contributed by atoms with Gasteiger partial charge in [0.2, 0.25) is 0 Å². The minimum absolute atomic E-state index is 0. The average molecular weight is 233 g/mol. The van der Waals surface area contributed by atoms with Crippen molar-refractivity contribution in [1.82, 2.24) is 0 Å². The molecular formula is C9H13ClN2O3. The molecule has 0 fully saturated rings. The van der Waals surface area contributed by atoms with Crippen LogP contribution in [0.25, 0.3) is 0 Å². The van der Waals surface area contributed by atoms with E-state index in [1.165, 1.54) is 6.07 Å². The summed E-state index contributed by atoms with van der Waals surface area (Å²) in [6, 6.07) is 4.15. The zero-order valence-corrected chi connectivity index (χ0v) is 9.03. The van der Waals surface area contributed by atoms with Crippen molar-refractivity contribution >= 4 is 18.1 Å². The molecule has 0 aliphatic heterocycles. The molecule has 1 rings (SSSR count). The van der Waals surface area contributed by atoms with Gasteiger partial charge in [0.15, 0.2) is 0 Å². The van der Waals surface area contributed by atoms with E-state index in [4.69, 9.17) is 10.8 Å². The highest BCUT2D eigenvalue weighted by atomic mass is 35.5. The second-order valence-corrected chi connectivity index (χ2v) is 3.09. The molecule has 0 heterocycles. The molecule has 0 radical (unpaired) electrons. The molecule has 0 amide bonds. The fourth-order valence-corrected chi connectivity index (χ4v) is 1.16. The molecule has 0 unspecified atom stereocenters. The zero-order chi connectivity index (χ0) is 10.7. The summed E-state index contributed by atoms with van der Waals surface area (Å²) < 4.78 is 0. The molecule has 0 bridgehead atoms. The van der Waals surface area contributed by atoms with E-state index in [0.717, 1.165) is 0 Å². The number of nitro benzene ring substituents is 1. The van der Waals surface area contributed by atoms with Crippen LogP contribution in [0.1, 0.15) is 17.2 Å². The van der Waals surface area contributed by atoms with Crippen LogP contribution in [-0.2, 0) is 0 Å². The lowest BCUT2D eigenvalue weighted by atomic mass is 10.1. The van der Waals surface area contributed by atoms with Gasteiger partial charge in [0.25, 0.3) is 5.69 Å². The molecule has 0 saturated carbocycles. The summed E-state index contributed by atoms with van der Waals surface area (Å²) in [4.78, 5) is 10.1. The van der Waals surface area contributed by atoms with Crippen LogP contribution in [-0.4, -0.2) is 16.6 Å². The highest BCUT2D eigenvalue weighted by Gasteiger charge is 2.13. The first-order chi connectivity index (χ1) is 6.56. The maximum absolute atomic E-state index is 10.6. The lowest BCUT2D eigenvalue weighted by Crippen LogP contribution is -2.14. The van der Waals surface area contributed by atoms with E-state index in [-0.39, 0.29) is 24.7 Å². The van der Waals surface area contributed by atoms with Crippen LogP contribution in [0.2, 0.25) is 0 Å². The number of nitro groups is 1. The third-order valence-electron chi connectivity index (χ3n) is 2.05. The minimum Gasteiger partial charge on any atom is -0.394 e. The fraction of sp³-hybridized carbons (Fsp3) is 0.333. The quantitative estimate of drug-likeness (QED) is 0.608. The third-order valence-corrected chi connectivity index (χ3v) is 2.05. The van der Waals surface area contributed by atoms with Gasteiger partial charge in [0.05, 0.1) is 17.6 Å². The van der Waals surface area contributed by atoms with Gasteiger partial charge in [0.1, 0.15) is 0 Å². The summed E-state index contributed by atoms with van der Waals surface area (Å²) in [5.74, 6) is 0. The van der Waals surface area contributed by atoms with Gasteiger partial charge >= 0.3 is 0 Å². The van der Waals surface area contributed by atoms with Crippen LogP contribution < -0.4 is 5.73 Å². The van der Waals surface area contributed by atoms with Crippen LogP contribution in [0.4, 0.5) is 5.69 Å². The standard InChI is InChI=1S/C9H12N2O3.ClH/c1-6-2-3-7(8(10)5-12)4-9(6)11(13)14;/h2-4,8,12H,5,10H2,1H3;1H/t8-;/m0./s1. The molecule has 1 aromatic rings. The summed E-state index contributed by atoms with van der Waals surface area (Å²) in [7, 11) is 0. The number of rotatable bonds is 3. The molecule has 6 heteroatoms. The van der Waals surface area contributed by atoms with E-state index in [9.17, 15) is 10.1 Å². The first kappa shape index (κ1) is 13.8. The van der Waals surface area contributed by atoms with Gasteiger partial charge in [0, 0.05) is 11.6 Å². The Hall–Kier alpha value is -1.17. The molecule has 0 saturated heterocycles. The molecule has 0 spiro atoms. The van der Waals surface area contributed by atoms with Crippen molar-refractivity contribution in [2.75, 3.05) is 6.61 Å². The van der Waals surface area contributed by atoms with Crippen LogP contribution in [0.5, 0.6) is 0 Å². The average Bonchev–Trinajstić information content (AvgIpc) is 2.17. The molecule has 15 heavy (non-hydrogen) atoms. The van der Waals surface area contributed by atoms with Crippen molar-refractivity contribution in [2.24, 2.45) is 5.73 Å². The van der Waals surface area contributed by atoms with Crippen LogP contribution in [0, 0.1) is 17.0 Å². The minimum atomic E-state index is -0.561. The van der Waals surface area contributed by atoms with E-state index in [2.05, 4.69) is 0 Å². The molecule has 1 atom stereocenters. The summed E-state index contributed by atoms with van der Waals surface area (Å²) in [5.41, 5.74) is 6.74.